The number of H-pyrrole nitrogens is 1. The minimum atomic E-state index is -0.272. The van der Waals surface area contributed by atoms with Crippen LogP contribution in [-0.4, -0.2) is 15.5 Å². The number of nitrogens with zero attached hydrogens (tertiary/aromatic N) is 1. The van der Waals surface area contributed by atoms with Gasteiger partial charge in [0, 0.05) is 6.54 Å². The monoisotopic (exact) mass is 281 g/mol. The van der Waals surface area contributed by atoms with E-state index in [2.05, 4.69) is 10.3 Å². The molecule has 0 unspecified atom stereocenters. The van der Waals surface area contributed by atoms with Crippen molar-refractivity contribution in [1.29, 1.82) is 0 Å². The molecule has 0 atom stereocenters. The molecule has 1 amide bonds. The fourth-order valence-corrected chi connectivity index (χ4v) is 2.26. The number of carbonyl (C=O) groups is 1. The molecular formula is C16H15N3O2. The van der Waals surface area contributed by atoms with Gasteiger partial charge in [-0.2, -0.15) is 0 Å². The van der Waals surface area contributed by atoms with Gasteiger partial charge in [-0.25, -0.2) is 4.79 Å². The lowest BCUT2D eigenvalue weighted by molar-refractivity contribution is -0.121. The third-order valence-electron chi connectivity index (χ3n) is 3.32. The quantitative estimate of drug-likeness (QED) is 0.763. The molecule has 0 aliphatic rings. The number of hydrogen-bond donors (Lipinski definition) is 2. The first-order valence-corrected chi connectivity index (χ1v) is 6.72. The van der Waals surface area contributed by atoms with Gasteiger partial charge < -0.3 is 10.3 Å². The second kappa shape index (κ2) is 5.66. The molecule has 0 spiro atoms. The molecule has 5 nitrogen and oxygen atoms in total. The van der Waals surface area contributed by atoms with E-state index in [4.69, 9.17) is 0 Å². The Hall–Kier alpha value is -2.82. The Labute approximate surface area is 121 Å². The number of aromatic amines is 1. The number of rotatable bonds is 4. The third-order valence-corrected chi connectivity index (χ3v) is 3.32. The van der Waals surface area contributed by atoms with Crippen molar-refractivity contribution in [2.75, 3.05) is 0 Å². The lowest BCUT2D eigenvalue weighted by Crippen LogP contribution is -2.30. The molecule has 0 aliphatic heterocycles. The molecule has 0 radical (unpaired) electrons. The maximum atomic E-state index is 12.0. The largest absolute Gasteiger partial charge is 0.350 e. The summed E-state index contributed by atoms with van der Waals surface area (Å²) in [7, 11) is 0. The molecule has 0 bridgehead atoms. The van der Waals surface area contributed by atoms with Crippen molar-refractivity contribution in [3.8, 4) is 0 Å². The van der Waals surface area contributed by atoms with Gasteiger partial charge >= 0.3 is 5.69 Å². The Balaban J connectivity index is 1.72. The minimum Gasteiger partial charge on any atom is -0.350 e. The summed E-state index contributed by atoms with van der Waals surface area (Å²) in [5, 5.41) is 2.82. The van der Waals surface area contributed by atoms with Crippen LogP contribution in [-0.2, 0) is 17.9 Å². The lowest BCUT2D eigenvalue weighted by Gasteiger charge is -2.06. The van der Waals surface area contributed by atoms with Gasteiger partial charge in [0.1, 0.15) is 6.54 Å². The molecule has 5 heteroatoms. The molecule has 0 saturated carbocycles. The SMILES string of the molecule is O=C(Cn1c(=O)[nH]c2ccccc21)NCc1ccccc1. The molecule has 1 aromatic heterocycles. The van der Waals surface area contributed by atoms with Crippen LogP contribution >= 0.6 is 0 Å². The van der Waals surface area contributed by atoms with Crippen molar-refractivity contribution in [2.24, 2.45) is 0 Å². The van der Waals surface area contributed by atoms with E-state index in [1.165, 1.54) is 4.57 Å². The number of amides is 1. The van der Waals surface area contributed by atoms with E-state index in [0.717, 1.165) is 16.6 Å². The second-order valence-electron chi connectivity index (χ2n) is 4.80. The first-order chi connectivity index (χ1) is 10.2. The van der Waals surface area contributed by atoms with Gasteiger partial charge in [0.15, 0.2) is 0 Å². The number of benzene rings is 2. The van der Waals surface area contributed by atoms with Crippen molar-refractivity contribution < 1.29 is 4.79 Å². The molecule has 2 N–H and O–H groups in total. The van der Waals surface area contributed by atoms with Gasteiger partial charge in [-0.05, 0) is 17.7 Å². The van der Waals surface area contributed by atoms with Gasteiger partial charge in [-0.1, -0.05) is 42.5 Å². The van der Waals surface area contributed by atoms with Gasteiger partial charge in [-0.3, -0.25) is 9.36 Å². The Bertz CT molecular complexity index is 818. The number of aromatic nitrogens is 2. The maximum Gasteiger partial charge on any atom is 0.326 e. The molecule has 3 aromatic rings. The zero-order valence-corrected chi connectivity index (χ0v) is 11.4. The highest BCUT2D eigenvalue weighted by atomic mass is 16.2. The first-order valence-electron chi connectivity index (χ1n) is 6.72. The molecule has 21 heavy (non-hydrogen) atoms. The van der Waals surface area contributed by atoms with Crippen molar-refractivity contribution in [2.45, 2.75) is 13.1 Å². The zero-order chi connectivity index (χ0) is 14.7. The smallest absolute Gasteiger partial charge is 0.326 e. The minimum absolute atomic E-state index is 0.00960. The average molecular weight is 281 g/mol. The summed E-state index contributed by atoms with van der Waals surface area (Å²) in [6, 6.07) is 17.0. The van der Waals surface area contributed by atoms with Crippen LogP contribution < -0.4 is 11.0 Å². The number of nitrogens with one attached hydrogen (secondary N) is 2. The van der Waals surface area contributed by atoms with E-state index in [1.54, 1.807) is 0 Å². The van der Waals surface area contributed by atoms with Crippen LogP contribution in [0.4, 0.5) is 0 Å². The van der Waals surface area contributed by atoms with Crippen LogP contribution in [0.25, 0.3) is 11.0 Å². The highest BCUT2D eigenvalue weighted by Crippen LogP contribution is 2.08. The Morgan fingerprint density at radius 3 is 2.57 bits per heavy atom. The summed E-state index contributed by atoms with van der Waals surface area (Å²) >= 11 is 0. The van der Waals surface area contributed by atoms with Crippen LogP contribution in [0, 0.1) is 0 Å². The summed E-state index contributed by atoms with van der Waals surface area (Å²) in [5.74, 6) is -0.189. The van der Waals surface area contributed by atoms with E-state index < -0.39 is 0 Å². The standard InChI is InChI=1S/C16H15N3O2/c20-15(17-10-12-6-2-1-3-7-12)11-19-14-9-5-4-8-13(14)18-16(19)21/h1-9H,10-11H2,(H,17,20)(H,18,21). The van der Waals surface area contributed by atoms with Crippen molar-refractivity contribution in [1.82, 2.24) is 14.9 Å². The maximum absolute atomic E-state index is 12.0. The first kappa shape index (κ1) is 13.2. The van der Waals surface area contributed by atoms with Crippen molar-refractivity contribution >= 4 is 16.9 Å². The highest BCUT2D eigenvalue weighted by Gasteiger charge is 2.09. The number of carbonyl (C=O) groups excluding carboxylic acids is 1. The molecule has 1 heterocycles. The van der Waals surface area contributed by atoms with E-state index >= 15 is 0 Å². The fraction of sp³-hybridized carbons (Fsp3) is 0.125. The second-order valence-corrected chi connectivity index (χ2v) is 4.80. The molecule has 3 rings (SSSR count). The van der Waals surface area contributed by atoms with Crippen LogP contribution in [0.1, 0.15) is 5.56 Å². The summed E-state index contributed by atoms with van der Waals surface area (Å²) in [4.78, 5) is 26.6. The molecule has 0 saturated heterocycles. The predicted octanol–water partition coefficient (Wildman–Crippen LogP) is 1.65. The third kappa shape index (κ3) is 2.86. The Morgan fingerprint density at radius 1 is 1.05 bits per heavy atom. The van der Waals surface area contributed by atoms with Gasteiger partial charge in [0.25, 0.3) is 0 Å². The predicted molar refractivity (Wildman–Crippen MR) is 80.8 cm³/mol. The van der Waals surface area contributed by atoms with E-state index in [9.17, 15) is 9.59 Å². The summed E-state index contributed by atoms with van der Waals surface area (Å²) in [5.41, 5.74) is 2.22. The molecule has 106 valence electrons. The van der Waals surface area contributed by atoms with Crippen molar-refractivity contribution in [3.05, 3.63) is 70.6 Å². The highest BCUT2D eigenvalue weighted by molar-refractivity contribution is 5.80. The van der Waals surface area contributed by atoms with Gasteiger partial charge in [-0.15, -0.1) is 0 Å². The van der Waals surface area contributed by atoms with Crippen LogP contribution in [0.2, 0.25) is 0 Å². The Kier molecular flexibility index (Phi) is 3.55. The van der Waals surface area contributed by atoms with Crippen molar-refractivity contribution in [3.63, 3.8) is 0 Å². The van der Waals surface area contributed by atoms with Crippen LogP contribution in [0.15, 0.2) is 59.4 Å². The number of hydrogen-bond acceptors (Lipinski definition) is 2. The lowest BCUT2D eigenvalue weighted by atomic mass is 10.2. The van der Waals surface area contributed by atoms with E-state index in [1.807, 2.05) is 54.6 Å². The zero-order valence-electron chi connectivity index (χ0n) is 11.4. The molecular weight excluding hydrogens is 266 g/mol. The van der Waals surface area contributed by atoms with Crippen LogP contribution in [0.5, 0.6) is 0 Å². The molecule has 0 fully saturated rings. The van der Waals surface area contributed by atoms with E-state index in [-0.39, 0.29) is 18.1 Å². The number of para-hydroxylation sites is 2. The Morgan fingerprint density at radius 2 is 1.76 bits per heavy atom. The normalized spacial score (nSPS) is 10.7. The summed E-state index contributed by atoms with van der Waals surface area (Å²) in [6.45, 7) is 0.465. The number of fused-ring (bicyclic) bond motifs is 1. The van der Waals surface area contributed by atoms with Gasteiger partial charge in [0.2, 0.25) is 5.91 Å². The molecule has 2 aromatic carbocycles. The van der Waals surface area contributed by atoms with Crippen LogP contribution in [0.3, 0.4) is 0 Å². The van der Waals surface area contributed by atoms with Gasteiger partial charge in [0.05, 0.1) is 11.0 Å². The van der Waals surface area contributed by atoms with E-state index in [0.29, 0.717) is 6.54 Å². The average Bonchev–Trinajstić information content (AvgIpc) is 2.82. The molecule has 0 aliphatic carbocycles. The topological polar surface area (TPSA) is 66.9 Å². The number of imidazole rings is 1. The summed E-state index contributed by atoms with van der Waals surface area (Å²) in [6.07, 6.45) is 0. The summed E-state index contributed by atoms with van der Waals surface area (Å²) < 4.78 is 1.44. The fourth-order valence-electron chi connectivity index (χ4n) is 2.26.